The molecule has 0 atom stereocenters. The van der Waals surface area contributed by atoms with Crippen LogP contribution in [0.3, 0.4) is 0 Å². The van der Waals surface area contributed by atoms with Gasteiger partial charge < -0.3 is 15.3 Å². The van der Waals surface area contributed by atoms with Crippen LogP contribution in [0.25, 0.3) is 11.0 Å². The number of carboxylic acid groups (broad SMARTS) is 1. The zero-order valence-corrected chi connectivity index (χ0v) is 20.5. The second kappa shape index (κ2) is 9.42. The second-order valence-electron chi connectivity index (χ2n) is 8.87. The molecule has 0 saturated heterocycles. The summed E-state index contributed by atoms with van der Waals surface area (Å²) in [6.07, 6.45) is 0.380. The van der Waals surface area contributed by atoms with Gasteiger partial charge in [-0.3, -0.25) is 10.1 Å². The first-order chi connectivity index (χ1) is 17.3. The molecule has 3 heterocycles. The predicted octanol–water partition coefficient (Wildman–Crippen LogP) is 4.68. The third-order valence-corrected chi connectivity index (χ3v) is 7.32. The lowest BCUT2D eigenvalue weighted by molar-refractivity contribution is 0.0696. The Bertz CT molecular complexity index is 1470. The third kappa shape index (κ3) is 4.52. The van der Waals surface area contributed by atoms with Gasteiger partial charge in [-0.25, -0.2) is 9.59 Å². The van der Waals surface area contributed by atoms with Crippen LogP contribution in [0.4, 0.5) is 15.5 Å². The van der Waals surface area contributed by atoms with Crippen LogP contribution < -0.4 is 10.6 Å². The van der Waals surface area contributed by atoms with Crippen molar-refractivity contribution in [2.75, 3.05) is 17.2 Å². The first kappa shape index (κ1) is 23.5. The molecule has 10 nitrogen and oxygen atoms in total. The molecular weight excluding hydrogens is 480 g/mol. The van der Waals surface area contributed by atoms with Gasteiger partial charge in [0.25, 0.3) is 5.91 Å². The second-order valence-corrected chi connectivity index (χ2v) is 9.98. The van der Waals surface area contributed by atoms with E-state index in [1.807, 2.05) is 24.3 Å². The number of aromatic nitrogens is 3. The number of rotatable bonds is 5. The number of carbonyl (C=O) groups is 3. The molecule has 4 aromatic rings. The summed E-state index contributed by atoms with van der Waals surface area (Å²) in [4.78, 5) is 40.3. The fourth-order valence-electron chi connectivity index (χ4n) is 4.26. The summed E-state index contributed by atoms with van der Waals surface area (Å²) in [7, 11) is 0. The first-order valence-corrected chi connectivity index (χ1v) is 12.3. The summed E-state index contributed by atoms with van der Waals surface area (Å²) in [6, 6.07) is 12.1. The van der Waals surface area contributed by atoms with Crippen molar-refractivity contribution in [1.82, 2.24) is 20.3 Å². The maximum Gasteiger partial charge on any atom is 0.339 e. The number of urea groups is 1. The van der Waals surface area contributed by atoms with Gasteiger partial charge in [0.15, 0.2) is 0 Å². The zero-order valence-electron chi connectivity index (χ0n) is 19.7. The molecule has 1 aliphatic rings. The summed E-state index contributed by atoms with van der Waals surface area (Å²) in [6.45, 7) is 4.81. The van der Waals surface area contributed by atoms with Crippen LogP contribution in [0.2, 0.25) is 0 Å². The van der Waals surface area contributed by atoms with E-state index in [4.69, 9.17) is 0 Å². The average Bonchev–Trinajstić information content (AvgIpc) is 3.46. The summed E-state index contributed by atoms with van der Waals surface area (Å²) in [5, 5.41) is 26.1. The Morgan fingerprint density at radius 2 is 1.81 bits per heavy atom. The van der Waals surface area contributed by atoms with Crippen molar-refractivity contribution in [3.63, 3.8) is 0 Å². The van der Waals surface area contributed by atoms with Crippen LogP contribution in [0, 0.1) is 0 Å². The van der Waals surface area contributed by atoms with Gasteiger partial charge in [-0.2, -0.15) is 15.4 Å². The number of nitrogens with one attached hydrogen (secondary N) is 3. The lowest BCUT2D eigenvalue weighted by Gasteiger charge is -2.27. The molecule has 0 saturated carbocycles. The molecule has 3 amide bonds. The molecule has 2 aromatic heterocycles. The average molecular weight is 505 g/mol. The van der Waals surface area contributed by atoms with Gasteiger partial charge in [0.05, 0.1) is 12.1 Å². The number of aromatic carboxylic acids is 1. The Morgan fingerprint density at radius 1 is 1.06 bits per heavy atom. The van der Waals surface area contributed by atoms with E-state index in [1.54, 1.807) is 23.1 Å². The number of aromatic amines is 1. The lowest BCUT2D eigenvalue weighted by Crippen LogP contribution is -2.35. The minimum absolute atomic E-state index is 0.0800. The zero-order chi connectivity index (χ0) is 25.4. The highest BCUT2D eigenvalue weighted by Gasteiger charge is 2.30. The van der Waals surface area contributed by atoms with Crippen molar-refractivity contribution in [2.45, 2.75) is 32.7 Å². The molecule has 0 bridgehead atoms. The van der Waals surface area contributed by atoms with E-state index in [9.17, 15) is 19.5 Å². The number of hydrogen-bond acceptors (Lipinski definition) is 6. The molecule has 0 aliphatic carbocycles. The number of fused-ring (bicyclic) bond motifs is 2. The van der Waals surface area contributed by atoms with Crippen LogP contribution in [0.5, 0.6) is 0 Å². The van der Waals surface area contributed by atoms with Gasteiger partial charge in [0, 0.05) is 22.7 Å². The van der Waals surface area contributed by atoms with Crippen LogP contribution in [-0.2, 0) is 13.0 Å². The topological polar surface area (TPSA) is 140 Å². The van der Waals surface area contributed by atoms with Crippen molar-refractivity contribution in [2.24, 2.45) is 0 Å². The van der Waals surface area contributed by atoms with Gasteiger partial charge in [0.2, 0.25) is 0 Å². The third-order valence-electron chi connectivity index (χ3n) is 6.18. The summed E-state index contributed by atoms with van der Waals surface area (Å²) in [5.74, 6) is -0.909. The maximum absolute atomic E-state index is 13.1. The van der Waals surface area contributed by atoms with Crippen LogP contribution >= 0.6 is 11.3 Å². The van der Waals surface area contributed by atoms with Crippen molar-refractivity contribution in [3.05, 3.63) is 69.6 Å². The molecule has 5 rings (SSSR count). The number of benzene rings is 2. The standard InChI is InChI=1S/C25H24N6O4S/c1-13(2)14-3-6-16(7-4-14)26-25(35)27-22-21(24(33)34)17-9-10-31(12-20(17)36-22)23(32)15-5-8-18-19(11-15)29-30-28-18/h3-8,11,13H,9-10,12H2,1-2H3,(H,33,34)(H2,26,27,35)(H,28,29,30). The molecule has 184 valence electrons. The number of thiophene rings is 1. The van der Waals surface area contributed by atoms with Gasteiger partial charge in [-0.05, 0) is 53.8 Å². The van der Waals surface area contributed by atoms with Gasteiger partial charge in [-0.1, -0.05) is 26.0 Å². The Hall–Kier alpha value is -4.25. The van der Waals surface area contributed by atoms with E-state index in [0.29, 0.717) is 46.7 Å². The number of hydrogen-bond donors (Lipinski definition) is 4. The van der Waals surface area contributed by atoms with Crippen LogP contribution in [0.15, 0.2) is 42.5 Å². The van der Waals surface area contributed by atoms with E-state index in [-0.39, 0.29) is 23.0 Å². The largest absolute Gasteiger partial charge is 0.478 e. The highest BCUT2D eigenvalue weighted by Crippen LogP contribution is 2.37. The summed E-state index contributed by atoms with van der Waals surface area (Å²) >= 11 is 1.18. The Morgan fingerprint density at radius 3 is 2.53 bits per heavy atom. The van der Waals surface area contributed by atoms with Crippen molar-refractivity contribution in [3.8, 4) is 0 Å². The fraction of sp³-hybridized carbons (Fsp3) is 0.240. The molecule has 2 aromatic carbocycles. The molecule has 0 fully saturated rings. The Labute approximate surface area is 210 Å². The lowest BCUT2D eigenvalue weighted by atomic mass is 10.0. The predicted molar refractivity (Wildman–Crippen MR) is 137 cm³/mol. The SMILES string of the molecule is CC(C)c1ccc(NC(=O)Nc2sc3c(c2C(=O)O)CCN(C(=O)c2ccc4n[nH]nc4c2)C3)cc1. The molecule has 0 spiro atoms. The maximum atomic E-state index is 13.1. The van der Waals surface area contributed by atoms with Gasteiger partial charge in [0.1, 0.15) is 16.0 Å². The minimum atomic E-state index is -1.11. The molecular formula is C25H24N6O4S. The van der Waals surface area contributed by atoms with E-state index in [0.717, 1.165) is 10.4 Å². The van der Waals surface area contributed by atoms with Crippen molar-refractivity contribution in [1.29, 1.82) is 0 Å². The monoisotopic (exact) mass is 504 g/mol. The van der Waals surface area contributed by atoms with E-state index in [2.05, 4.69) is 39.9 Å². The van der Waals surface area contributed by atoms with Gasteiger partial charge >= 0.3 is 12.0 Å². The highest BCUT2D eigenvalue weighted by molar-refractivity contribution is 7.17. The Kier molecular flexibility index (Phi) is 6.15. The number of H-pyrrole nitrogens is 1. The minimum Gasteiger partial charge on any atom is -0.478 e. The molecule has 4 N–H and O–H groups in total. The summed E-state index contributed by atoms with van der Waals surface area (Å²) in [5.41, 5.74) is 4.24. The van der Waals surface area contributed by atoms with E-state index >= 15 is 0 Å². The molecule has 11 heteroatoms. The summed E-state index contributed by atoms with van der Waals surface area (Å²) < 4.78 is 0. The number of nitrogens with zero attached hydrogens (tertiary/aromatic N) is 3. The molecule has 1 aliphatic heterocycles. The quantitative estimate of drug-likeness (QED) is 0.311. The number of amides is 3. The van der Waals surface area contributed by atoms with Gasteiger partial charge in [-0.15, -0.1) is 11.3 Å². The van der Waals surface area contributed by atoms with Crippen LogP contribution in [-0.4, -0.2) is 49.9 Å². The van der Waals surface area contributed by atoms with Crippen molar-refractivity contribution >= 4 is 51.0 Å². The van der Waals surface area contributed by atoms with E-state index in [1.165, 1.54) is 11.3 Å². The molecule has 0 radical (unpaired) electrons. The first-order valence-electron chi connectivity index (χ1n) is 11.5. The number of anilines is 2. The molecule has 36 heavy (non-hydrogen) atoms. The fourth-order valence-corrected chi connectivity index (χ4v) is 5.51. The smallest absolute Gasteiger partial charge is 0.339 e. The van der Waals surface area contributed by atoms with Crippen LogP contribution in [0.1, 0.15) is 56.5 Å². The number of carbonyl (C=O) groups excluding carboxylic acids is 2. The van der Waals surface area contributed by atoms with Crippen molar-refractivity contribution < 1.29 is 19.5 Å². The highest BCUT2D eigenvalue weighted by atomic mass is 32.1. The Balaban J connectivity index is 1.33. The van der Waals surface area contributed by atoms with E-state index < -0.39 is 12.0 Å². The molecule has 0 unspecified atom stereocenters. The number of carboxylic acids is 1. The normalized spacial score (nSPS) is 13.0.